The molecule has 1 unspecified atom stereocenters. The molecule has 5 nitrogen and oxygen atoms in total. The molecule has 1 aromatic carbocycles. The Labute approximate surface area is 159 Å². The van der Waals surface area contributed by atoms with Crippen molar-refractivity contribution in [1.29, 1.82) is 0 Å². The number of nitrogens with zero attached hydrogens (tertiary/aromatic N) is 1. The molecule has 1 aromatic heterocycles. The second kappa shape index (κ2) is 8.17. The summed E-state index contributed by atoms with van der Waals surface area (Å²) in [5.74, 6) is 0.847. The molecule has 0 saturated carbocycles. The summed E-state index contributed by atoms with van der Waals surface area (Å²) >= 11 is 13.5. The predicted octanol–water partition coefficient (Wildman–Crippen LogP) is 3.46. The van der Waals surface area contributed by atoms with Crippen LogP contribution in [0.15, 0.2) is 41.0 Å². The largest absolute Gasteiger partial charge is 0.459 e. The van der Waals surface area contributed by atoms with E-state index in [-0.39, 0.29) is 17.6 Å². The number of benzene rings is 1. The fraction of sp³-hybridized carbons (Fsp3) is 0.294. The topological polar surface area (TPSA) is 62.6 Å². The van der Waals surface area contributed by atoms with E-state index in [9.17, 15) is 9.59 Å². The lowest BCUT2D eigenvalue weighted by atomic mass is 10.1. The maximum absolute atomic E-state index is 12.5. The number of nitrogens with one attached hydrogen (secondary N) is 1. The highest BCUT2D eigenvalue weighted by molar-refractivity contribution is 7.99. The molecule has 1 aliphatic heterocycles. The number of rotatable bonds is 5. The van der Waals surface area contributed by atoms with Gasteiger partial charge in [-0.3, -0.25) is 9.59 Å². The molecule has 1 atom stereocenters. The van der Waals surface area contributed by atoms with Gasteiger partial charge in [-0.15, -0.1) is 11.8 Å². The lowest BCUT2D eigenvalue weighted by molar-refractivity contribution is -0.124. The van der Waals surface area contributed by atoms with Gasteiger partial charge in [0.1, 0.15) is 6.04 Å². The van der Waals surface area contributed by atoms with Crippen LogP contribution in [0.2, 0.25) is 10.0 Å². The molecule has 1 fully saturated rings. The van der Waals surface area contributed by atoms with E-state index in [1.54, 1.807) is 36.0 Å². The van der Waals surface area contributed by atoms with Crippen molar-refractivity contribution in [3.8, 4) is 0 Å². The maximum Gasteiger partial charge on any atom is 0.290 e. The second-order valence-corrected chi connectivity index (χ2v) is 7.39. The molecule has 1 aliphatic rings. The van der Waals surface area contributed by atoms with Gasteiger partial charge in [0.15, 0.2) is 5.76 Å². The van der Waals surface area contributed by atoms with Crippen LogP contribution < -0.4 is 5.32 Å². The van der Waals surface area contributed by atoms with Gasteiger partial charge in [-0.25, -0.2) is 0 Å². The third kappa shape index (κ3) is 4.32. The Hall–Kier alpha value is -1.63. The van der Waals surface area contributed by atoms with Crippen LogP contribution in [-0.4, -0.2) is 40.9 Å². The summed E-state index contributed by atoms with van der Waals surface area (Å²) in [6.07, 6.45) is 2.04. The summed E-state index contributed by atoms with van der Waals surface area (Å²) in [6.45, 7) is 0.435. The van der Waals surface area contributed by atoms with Crippen LogP contribution in [0.1, 0.15) is 16.1 Å². The number of hydrogen-bond acceptors (Lipinski definition) is 4. The minimum atomic E-state index is -0.497. The van der Waals surface area contributed by atoms with E-state index >= 15 is 0 Å². The van der Waals surface area contributed by atoms with Crippen LogP contribution >= 0.6 is 35.0 Å². The van der Waals surface area contributed by atoms with E-state index in [0.29, 0.717) is 34.6 Å². The zero-order valence-corrected chi connectivity index (χ0v) is 15.5. The first-order valence-electron chi connectivity index (χ1n) is 7.70. The monoisotopic (exact) mass is 398 g/mol. The normalized spacial score (nSPS) is 16.9. The van der Waals surface area contributed by atoms with Gasteiger partial charge in [0.25, 0.3) is 5.91 Å². The molecular formula is C17H16Cl2N2O3S. The molecule has 2 aromatic rings. The van der Waals surface area contributed by atoms with E-state index < -0.39 is 6.04 Å². The first-order chi connectivity index (χ1) is 12.1. The summed E-state index contributed by atoms with van der Waals surface area (Å²) in [6, 6.07) is 8.04. The Balaban J connectivity index is 1.56. The molecule has 0 aliphatic carbocycles. The van der Waals surface area contributed by atoms with Crippen LogP contribution in [0.3, 0.4) is 0 Å². The third-order valence-corrected chi connectivity index (χ3v) is 5.49. The van der Waals surface area contributed by atoms with E-state index in [0.717, 1.165) is 5.56 Å². The van der Waals surface area contributed by atoms with Gasteiger partial charge in [0.05, 0.1) is 12.1 Å². The minimum Gasteiger partial charge on any atom is -0.459 e. The molecule has 1 N–H and O–H groups in total. The minimum absolute atomic E-state index is 0.171. The quantitative estimate of drug-likeness (QED) is 0.837. The van der Waals surface area contributed by atoms with Crippen molar-refractivity contribution in [3.63, 3.8) is 0 Å². The van der Waals surface area contributed by atoms with Gasteiger partial charge in [-0.1, -0.05) is 29.3 Å². The number of halogens is 2. The van der Waals surface area contributed by atoms with Gasteiger partial charge in [0, 0.05) is 22.3 Å². The molecular weight excluding hydrogens is 383 g/mol. The van der Waals surface area contributed by atoms with Gasteiger partial charge in [-0.2, -0.15) is 0 Å². The van der Waals surface area contributed by atoms with Crippen molar-refractivity contribution in [2.75, 3.05) is 18.2 Å². The fourth-order valence-electron chi connectivity index (χ4n) is 2.56. The van der Waals surface area contributed by atoms with Crippen molar-refractivity contribution < 1.29 is 14.0 Å². The van der Waals surface area contributed by atoms with Crippen molar-refractivity contribution in [3.05, 3.63) is 58.0 Å². The van der Waals surface area contributed by atoms with Gasteiger partial charge in [0.2, 0.25) is 5.91 Å². The smallest absolute Gasteiger partial charge is 0.290 e. The zero-order valence-electron chi connectivity index (χ0n) is 13.2. The molecule has 0 spiro atoms. The number of thioether (sulfide) groups is 1. The van der Waals surface area contributed by atoms with Crippen LogP contribution in [0.4, 0.5) is 0 Å². The van der Waals surface area contributed by atoms with Crippen molar-refractivity contribution in [2.24, 2.45) is 0 Å². The Kier molecular flexibility index (Phi) is 5.93. The second-order valence-electron chi connectivity index (χ2n) is 5.54. The average Bonchev–Trinajstić information content (AvgIpc) is 3.27. The predicted molar refractivity (Wildman–Crippen MR) is 99.2 cm³/mol. The first kappa shape index (κ1) is 18.2. The average molecular weight is 399 g/mol. The van der Waals surface area contributed by atoms with Crippen LogP contribution in [-0.2, 0) is 11.2 Å². The fourth-order valence-corrected chi connectivity index (χ4v) is 4.22. The Morgan fingerprint density at radius 3 is 2.88 bits per heavy atom. The number of furan rings is 1. The van der Waals surface area contributed by atoms with E-state index in [1.165, 1.54) is 11.2 Å². The molecule has 132 valence electrons. The molecule has 2 heterocycles. The first-order valence-corrected chi connectivity index (χ1v) is 9.61. The summed E-state index contributed by atoms with van der Waals surface area (Å²) in [7, 11) is 0. The summed E-state index contributed by atoms with van der Waals surface area (Å²) in [4.78, 5) is 26.4. The van der Waals surface area contributed by atoms with Gasteiger partial charge >= 0.3 is 0 Å². The highest BCUT2D eigenvalue weighted by Gasteiger charge is 2.35. The van der Waals surface area contributed by atoms with Gasteiger partial charge in [-0.05, 0) is 36.2 Å². The van der Waals surface area contributed by atoms with E-state index in [1.807, 2.05) is 6.07 Å². The number of amides is 2. The Morgan fingerprint density at radius 1 is 1.32 bits per heavy atom. The number of carbonyl (C=O) groups is 2. The molecule has 0 bridgehead atoms. The number of hydrogen-bond donors (Lipinski definition) is 1. The molecule has 0 radical (unpaired) electrons. The van der Waals surface area contributed by atoms with Gasteiger partial charge < -0.3 is 14.6 Å². The van der Waals surface area contributed by atoms with Crippen molar-refractivity contribution >= 4 is 46.8 Å². The molecule has 25 heavy (non-hydrogen) atoms. The lowest BCUT2D eigenvalue weighted by Gasteiger charge is -2.22. The lowest BCUT2D eigenvalue weighted by Crippen LogP contribution is -2.47. The summed E-state index contributed by atoms with van der Waals surface area (Å²) in [5.41, 5.74) is 0.913. The van der Waals surface area contributed by atoms with Crippen LogP contribution in [0.5, 0.6) is 0 Å². The van der Waals surface area contributed by atoms with E-state index in [2.05, 4.69) is 5.32 Å². The molecule has 8 heteroatoms. The van der Waals surface area contributed by atoms with E-state index in [4.69, 9.17) is 27.6 Å². The van der Waals surface area contributed by atoms with Crippen LogP contribution in [0.25, 0.3) is 0 Å². The molecule has 3 rings (SSSR count). The Morgan fingerprint density at radius 2 is 2.16 bits per heavy atom. The number of carbonyl (C=O) groups excluding carboxylic acids is 2. The van der Waals surface area contributed by atoms with Crippen molar-refractivity contribution in [1.82, 2.24) is 10.2 Å². The summed E-state index contributed by atoms with van der Waals surface area (Å²) in [5, 5.41) is 4.03. The summed E-state index contributed by atoms with van der Waals surface area (Å²) < 4.78 is 5.14. The molecule has 1 saturated heterocycles. The molecule has 2 amide bonds. The zero-order chi connectivity index (χ0) is 17.8. The van der Waals surface area contributed by atoms with Crippen LogP contribution in [0, 0.1) is 0 Å². The highest BCUT2D eigenvalue weighted by atomic mass is 35.5. The third-order valence-electron chi connectivity index (χ3n) is 3.89. The maximum atomic E-state index is 12.5. The highest BCUT2D eigenvalue weighted by Crippen LogP contribution is 2.24. The SMILES string of the molecule is O=C(NCCc1ccc(Cl)cc1Cl)C1CSCN1C(=O)c1ccco1. The Bertz CT molecular complexity index is 767. The standard InChI is InChI=1S/C17H16Cl2N2O3S/c18-12-4-3-11(13(19)8-12)5-6-20-16(22)14-9-25-10-21(14)17(23)15-2-1-7-24-15/h1-4,7-8,14H,5-6,9-10H2,(H,20,22). The van der Waals surface area contributed by atoms with Crippen molar-refractivity contribution in [2.45, 2.75) is 12.5 Å².